The van der Waals surface area contributed by atoms with E-state index in [9.17, 15) is 24.1 Å². The number of rotatable bonds is 6. The van der Waals surface area contributed by atoms with E-state index in [0.717, 1.165) is 23.8 Å². The first-order valence-electron chi connectivity index (χ1n) is 10.7. The molecule has 2 N–H and O–H groups in total. The molecule has 0 bridgehead atoms. The van der Waals surface area contributed by atoms with Crippen LogP contribution in [0.25, 0.3) is 0 Å². The number of phosphoric acid groups is 1. The first kappa shape index (κ1) is 25.8. The van der Waals surface area contributed by atoms with Crippen molar-refractivity contribution in [2.45, 2.75) is 50.4 Å². The lowest BCUT2D eigenvalue weighted by Crippen LogP contribution is -2.48. The second kappa shape index (κ2) is 9.98. The molecule has 12 nitrogen and oxygen atoms in total. The van der Waals surface area contributed by atoms with Gasteiger partial charge in [-0.05, 0) is 24.6 Å². The van der Waals surface area contributed by atoms with Crippen molar-refractivity contribution in [3.8, 4) is 0 Å². The Balaban J connectivity index is 1.53. The van der Waals surface area contributed by atoms with Gasteiger partial charge < -0.3 is 14.6 Å². The van der Waals surface area contributed by atoms with Gasteiger partial charge in [-0.3, -0.25) is 32.7 Å². The monoisotopic (exact) mass is 530 g/mol. The number of halogens is 1. The van der Waals surface area contributed by atoms with Crippen LogP contribution in [0.4, 0.5) is 0 Å². The number of aromatic nitrogens is 2. The molecule has 35 heavy (non-hydrogen) atoms. The maximum Gasteiger partial charge on any atom is 0.475 e. The summed E-state index contributed by atoms with van der Waals surface area (Å²) in [5.74, 6) is -0.726. The Kier molecular flexibility index (Phi) is 7.35. The molecule has 2 aliphatic heterocycles. The van der Waals surface area contributed by atoms with Gasteiger partial charge in [-0.15, -0.1) is 0 Å². The van der Waals surface area contributed by atoms with Crippen LogP contribution in [-0.4, -0.2) is 51.6 Å². The third kappa shape index (κ3) is 5.59. The number of nitrogens with zero attached hydrogens (tertiary/aromatic N) is 1. The number of aliphatic hydroxyl groups is 1. The number of hydrogen-bond acceptors (Lipinski definition) is 10. The number of phosphoric ester groups is 1. The number of benzene rings is 1. The Bertz CT molecular complexity index is 1260. The van der Waals surface area contributed by atoms with Gasteiger partial charge in [-0.2, -0.15) is 0 Å². The molecule has 2 aromatic rings. The molecular weight excluding hydrogens is 507 g/mol. The van der Waals surface area contributed by atoms with Crippen LogP contribution in [0.1, 0.15) is 38.2 Å². The summed E-state index contributed by atoms with van der Waals surface area (Å²) in [6.45, 7) is 2.05. The second-order valence-corrected chi connectivity index (χ2v) is 10.4. The van der Waals surface area contributed by atoms with Gasteiger partial charge in [0.1, 0.15) is 11.7 Å². The second-order valence-electron chi connectivity index (χ2n) is 8.31. The number of H-pyrrole nitrogens is 1. The topological polar surface area (TPSA) is 155 Å². The Hall–Kier alpha value is -2.31. The largest absolute Gasteiger partial charge is 0.475 e. The highest BCUT2D eigenvalue weighted by atomic mass is 35.5. The molecule has 0 amide bonds. The summed E-state index contributed by atoms with van der Waals surface area (Å²) in [5.41, 5.74) is -2.71. The van der Waals surface area contributed by atoms with E-state index >= 15 is 0 Å². The van der Waals surface area contributed by atoms with Crippen LogP contribution >= 0.6 is 19.4 Å². The van der Waals surface area contributed by atoms with E-state index < -0.39 is 61.8 Å². The molecule has 6 atom stereocenters. The fraction of sp³-hybridized carbons (Fsp3) is 0.476. The van der Waals surface area contributed by atoms with Gasteiger partial charge in [-0.1, -0.05) is 23.7 Å². The molecule has 0 spiro atoms. The molecule has 190 valence electrons. The lowest BCUT2D eigenvalue weighted by molar-refractivity contribution is -0.161. The van der Waals surface area contributed by atoms with Crippen LogP contribution in [0.3, 0.4) is 0 Å². The average molecular weight is 531 g/mol. The van der Waals surface area contributed by atoms with Crippen molar-refractivity contribution in [1.29, 1.82) is 0 Å². The van der Waals surface area contributed by atoms with Crippen LogP contribution in [0.5, 0.6) is 0 Å². The quantitative estimate of drug-likeness (QED) is 0.418. The third-order valence-corrected chi connectivity index (χ3v) is 7.33. The molecule has 1 aromatic heterocycles. The van der Waals surface area contributed by atoms with Gasteiger partial charge >= 0.3 is 19.5 Å². The molecule has 2 aliphatic rings. The Labute approximate surface area is 204 Å². The lowest BCUT2D eigenvalue weighted by atomic mass is 9.96. The van der Waals surface area contributed by atoms with Crippen LogP contribution in [0.2, 0.25) is 5.02 Å². The zero-order chi connectivity index (χ0) is 25.4. The molecule has 0 saturated carbocycles. The van der Waals surface area contributed by atoms with E-state index in [0.29, 0.717) is 17.0 Å². The molecule has 4 rings (SSSR count). The highest BCUT2D eigenvalue weighted by Crippen LogP contribution is 2.57. The van der Waals surface area contributed by atoms with Crippen LogP contribution < -0.4 is 11.2 Å². The third-order valence-electron chi connectivity index (χ3n) is 5.62. The fourth-order valence-corrected chi connectivity index (χ4v) is 5.62. The summed E-state index contributed by atoms with van der Waals surface area (Å²) < 4.78 is 41.6. The van der Waals surface area contributed by atoms with Crippen molar-refractivity contribution in [3.63, 3.8) is 0 Å². The Morgan fingerprint density at radius 2 is 2.14 bits per heavy atom. The normalized spacial score (nSPS) is 32.9. The zero-order valence-corrected chi connectivity index (χ0v) is 20.4. The number of carbonyl (C=O) groups is 1. The van der Waals surface area contributed by atoms with Crippen molar-refractivity contribution in [1.82, 2.24) is 9.55 Å². The van der Waals surface area contributed by atoms with E-state index in [-0.39, 0.29) is 6.61 Å². The molecular formula is C21H24ClN2O10P. The molecule has 0 radical (unpaired) electrons. The van der Waals surface area contributed by atoms with Crippen molar-refractivity contribution < 1.29 is 37.5 Å². The fourth-order valence-electron chi connectivity index (χ4n) is 4.03. The van der Waals surface area contributed by atoms with E-state index in [1.165, 1.54) is 6.92 Å². The number of nitrogens with one attached hydrogen (secondary N) is 1. The number of ether oxygens (including phenoxy) is 2. The molecule has 2 saturated heterocycles. The molecule has 0 aliphatic carbocycles. The maximum absolute atomic E-state index is 13.2. The Morgan fingerprint density at radius 1 is 1.37 bits per heavy atom. The van der Waals surface area contributed by atoms with Gasteiger partial charge in [0.25, 0.3) is 5.56 Å². The van der Waals surface area contributed by atoms with Gasteiger partial charge in [-0.25, -0.2) is 9.36 Å². The molecule has 6 unspecified atom stereocenters. The highest BCUT2D eigenvalue weighted by molar-refractivity contribution is 7.48. The van der Waals surface area contributed by atoms with Crippen molar-refractivity contribution in [3.05, 3.63) is 68.0 Å². The van der Waals surface area contributed by atoms with Crippen LogP contribution in [-0.2, 0) is 32.4 Å². The maximum atomic E-state index is 13.2. The number of hydrogen-bond donors (Lipinski definition) is 2. The van der Waals surface area contributed by atoms with E-state index in [1.807, 2.05) is 0 Å². The molecule has 2 fully saturated rings. The summed E-state index contributed by atoms with van der Waals surface area (Å²) in [6, 6.07) is 7.96. The minimum atomic E-state index is -4.07. The summed E-state index contributed by atoms with van der Waals surface area (Å²) in [4.78, 5) is 37.5. The van der Waals surface area contributed by atoms with Gasteiger partial charge in [0, 0.05) is 30.6 Å². The van der Waals surface area contributed by atoms with Crippen LogP contribution in [0.15, 0.2) is 46.1 Å². The van der Waals surface area contributed by atoms with Crippen LogP contribution in [0, 0.1) is 0 Å². The number of esters is 1. The summed E-state index contributed by atoms with van der Waals surface area (Å²) in [5, 5.41) is 11.6. The summed E-state index contributed by atoms with van der Waals surface area (Å²) in [6.07, 6.45) is -2.89. The number of carbonyl (C=O) groups excluding carboxylic acids is 1. The summed E-state index contributed by atoms with van der Waals surface area (Å²) in [7, 11) is -4.07. The Morgan fingerprint density at radius 3 is 2.83 bits per heavy atom. The van der Waals surface area contributed by atoms with Crippen molar-refractivity contribution in [2.75, 3.05) is 13.2 Å². The number of aromatic amines is 1. The zero-order valence-electron chi connectivity index (χ0n) is 18.8. The average Bonchev–Trinajstić information content (AvgIpc) is 3.02. The molecule has 14 heteroatoms. The SMILES string of the molecule is CC(=O)OC1C(COP2(=O)OCCC(c3cccc(Cl)c3)O2)OC(n2ccc(=O)[nH]c2=O)C1(C)O. The van der Waals surface area contributed by atoms with E-state index in [2.05, 4.69) is 4.98 Å². The first-order valence-corrected chi connectivity index (χ1v) is 12.5. The minimum Gasteiger partial charge on any atom is -0.456 e. The van der Waals surface area contributed by atoms with Gasteiger partial charge in [0.2, 0.25) is 0 Å². The molecule has 1 aromatic carbocycles. The predicted molar refractivity (Wildman–Crippen MR) is 121 cm³/mol. The summed E-state index contributed by atoms with van der Waals surface area (Å²) >= 11 is 6.04. The predicted octanol–water partition coefficient (Wildman–Crippen LogP) is 2.07. The van der Waals surface area contributed by atoms with E-state index in [1.54, 1.807) is 24.3 Å². The van der Waals surface area contributed by atoms with Crippen molar-refractivity contribution in [2.24, 2.45) is 0 Å². The minimum absolute atomic E-state index is 0.0838. The molecule has 3 heterocycles. The standard InChI is InChI=1S/C21H24ClN2O10P/c1-12(25)32-18-16(33-19(21(18,2)28)24-8-6-17(26)23-20(24)27)11-31-35(29)30-9-7-15(34-35)13-4-3-5-14(22)10-13/h3-6,8,10,15-16,18-19,28H,7,9,11H2,1-2H3,(H,23,26,27). The first-order chi connectivity index (χ1) is 16.5. The smallest absolute Gasteiger partial charge is 0.456 e. The van der Waals surface area contributed by atoms with Gasteiger partial charge in [0.15, 0.2) is 12.3 Å². The highest BCUT2D eigenvalue weighted by Gasteiger charge is 2.57. The van der Waals surface area contributed by atoms with Crippen molar-refractivity contribution >= 4 is 25.4 Å². The lowest BCUT2D eigenvalue weighted by Gasteiger charge is -2.31. The van der Waals surface area contributed by atoms with Gasteiger partial charge in [0.05, 0.1) is 19.3 Å². The van der Waals surface area contributed by atoms with E-state index in [4.69, 9.17) is 34.6 Å².